The van der Waals surface area contributed by atoms with Crippen LogP contribution in [0.2, 0.25) is 0 Å². The van der Waals surface area contributed by atoms with Crippen molar-refractivity contribution in [2.24, 2.45) is 11.3 Å². The lowest BCUT2D eigenvalue weighted by Gasteiger charge is -2.47. The largest absolute Gasteiger partial charge is 0.403 e. The van der Waals surface area contributed by atoms with Gasteiger partial charge in [0.05, 0.1) is 5.41 Å². The first kappa shape index (κ1) is 16.6. The van der Waals surface area contributed by atoms with Crippen molar-refractivity contribution in [2.75, 3.05) is 13.1 Å². The molecule has 0 radical (unpaired) electrons. The summed E-state index contributed by atoms with van der Waals surface area (Å²) in [7, 11) is 0. The van der Waals surface area contributed by atoms with Crippen LogP contribution in [0, 0.1) is 11.3 Å². The highest BCUT2D eigenvalue weighted by Gasteiger charge is 2.58. The second-order valence-electron chi connectivity index (χ2n) is 5.56. The van der Waals surface area contributed by atoms with Crippen molar-refractivity contribution in [3.8, 4) is 0 Å². The van der Waals surface area contributed by atoms with Crippen molar-refractivity contribution in [1.82, 2.24) is 4.90 Å². The van der Waals surface area contributed by atoms with Crippen molar-refractivity contribution in [3.05, 3.63) is 0 Å². The minimum absolute atomic E-state index is 0.168. The molecular weight excluding hydrogens is 272 g/mol. The summed E-state index contributed by atoms with van der Waals surface area (Å²) in [4.78, 5) is 1.09. The summed E-state index contributed by atoms with van der Waals surface area (Å²) in [6.45, 7) is 3.62. The van der Waals surface area contributed by atoms with Crippen LogP contribution in [0.5, 0.6) is 0 Å². The Bertz CT molecular complexity index is 298. The van der Waals surface area contributed by atoms with Crippen molar-refractivity contribution in [1.29, 1.82) is 0 Å². The average molecular weight is 291 g/mol. The third-order valence-corrected chi connectivity index (χ3v) is 4.38. The zero-order chi connectivity index (χ0) is 15.1. The topological polar surface area (TPSA) is 3.24 Å². The van der Waals surface area contributed by atoms with Gasteiger partial charge in [-0.25, -0.2) is 0 Å². The van der Waals surface area contributed by atoms with E-state index in [1.165, 1.54) is 13.8 Å². The number of nitrogens with zero attached hydrogens (tertiary/aromatic N) is 1. The van der Waals surface area contributed by atoms with Gasteiger partial charge in [0.1, 0.15) is 6.04 Å². The Kier molecular flexibility index (Phi) is 4.49. The molecule has 114 valence electrons. The van der Waals surface area contributed by atoms with Crippen LogP contribution in [-0.4, -0.2) is 36.4 Å². The smallest absolute Gasteiger partial charge is 0.292 e. The van der Waals surface area contributed by atoms with Gasteiger partial charge in [-0.2, -0.15) is 26.3 Å². The molecule has 0 aromatic rings. The highest BCUT2D eigenvalue weighted by molar-refractivity contribution is 4.95. The van der Waals surface area contributed by atoms with Crippen LogP contribution in [0.4, 0.5) is 26.3 Å². The standard InChI is InChI=1S/C12H19F6N/c1-8(2)10(12(16,17)18)4-6-19(7-5-10)9(3)11(13,14)15/h8-9H,4-7H2,1-3H3. The molecule has 0 saturated carbocycles. The van der Waals surface area contributed by atoms with E-state index >= 15 is 0 Å². The average Bonchev–Trinajstić information content (AvgIpc) is 2.25. The Morgan fingerprint density at radius 2 is 1.32 bits per heavy atom. The summed E-state index contributed by atoms with van der Waals surface area (Å²) in [6.07, 6.45) is -9.30. The number of hydrogen-bond acceptors (Lipinski definition) is 1. The molecule has 1 rings (SSSR count). The zero-order valence-corrected chi connectivity index (χ0v) is 11.2. The fourth-order valence-electron chi connectivity index (χ4n) is 2.71. The molecule has 0 N–H and O–H groups in total. The molecule has 1 fully saturated rings. The van der Waals surface area contributed by atoms with Gasteiger partial charge in [0, 0.05) is 0 Å². The van der Waals surface area contributed by atoms with E-state index in [0.29, 0.717) is 0 Å². The summed E-state index contributed by atoms with van der Waals surface area (Å²) < 4.78 is 77.2. The maximum absolute atomic E-state index is 13.2. The molecule has 0 aliphatic carbocycles. The van der Waals surface area contributed by atoms with Gasteiger partial charge < -0.3 is 0 Å². The van der Waals surface area contributed by atoms with Gasteiger partial charge in [-0.1, -0.05) is 13.8 Å². The summed E-state index contributed by atoms with van der Waals surface area (Å²) in [6, 6.07) is -1.69. The molecule has 1 saturated heterocycles. The molecule has 19 heavy (non-hydrogen) atoms. The third-order valence-electron chi connectivity index (χ3n) is 4.38. The predicted molar refractivity (Wildman–Crippen MR) is 59.7 cm³/mol. The minimum atomic E-state index is -4.39. The van der Waals surface area contributed by atoms with Crippen molar-refractivity contribution < 1.29 is 26.3 Å². The molecule has 0 spiro atoms. The molecule has 1 nitrogen and oxygen atoms in total. The van der Waals surface area contributed by atoms with Crippen LogP contribution in [0.15, 0.2) is 0 Å². The van der Waals surface area contributed by atoms with E-state index in [2.05, 4.69) is 0 Å². The quantitative estimate of drug-likeness (QED) is 0.688. The Balaban J connectivity index is 2.80. The van der Waals surface area contributed by atoms with Crippen LogP contribution >= 0.6 is 0 Å². The zero-order valence-electron chi connectivity index (χ0n) is 11.2. The number of rotatable bonds is 2. The first-order chi connectivity index (χ1) is 8.42. The lowest BCUT2D eigenvalue weighted by molar-refractivity contribution is -0.260. The van der Waals surface area contributed by atoms with E-state index < -0.39 is 29.7 Å². The van der Waals surface area contributed by atoms with Gasteiger partial charge in [0.2, 0.25) is 0 Å². The Morgan fingerprint density at radius 3 is 1.58 bits per heavy atom. The Labute approximate surface area is 109 Å². The highest BCUT2D eigenvalue weighted by atomic mass is 19.4. The normalized spacial score (nSPS) is 23.7. The Hall–Kier alpha value is -0.460. The molecule has 1 unspecified atom stereocenters. The van der Waals surface area contributed by atoms with Crippen molar-refractivity contribution in [3.63, 3.8) is 0 Å². The first-order valence-electron chi connectivity index (χ1n) is 6.29. The number of halogens is 6. The van der Waals surface area contributed by atoms with Crippen LogP contribution in [-0.2, 0) is 0 Å². The second kappa shape index (κ2) is 5.14. The monoisotopic (exact) mass is 291 g/mol. The van der Waals surface area contributed by atoms with Crippen LogP contribution < -0.4 is 0 Å². The van der Waals surface area contributed by atoms with Gasteiger partial charge in [-0.05, 0) is 38.8 Å². The molecule has 0 bridgehead atoms. The lowest BCUT2D eigenvalue weighted by atomic mass is 9.69. The van der Waals surface area contributed by atoms with Crippen LogP contribution in [0.25, 0.3) is 0 Å². The van der Waals surface area contributed by atoms with E-state index in [4.69, 9.17) is 0 Å². The molecule has 1 heterocycles. The SMILES string of the molecule is CC(N1CCC(C(C)C)(C(F)(F)F)CC1)C(F)(F)F. The van der Waals surface area contributed by atoms with Gasteiger partial charge >= 0.3 is 12.4 Å². The van der Waals surface area contributed by atoms with E-state index in [1.54, 1.807) is 0 Å². The van der Waals surface area contributed by atoms with E-state index in [0.717, 1.165) is 11.8 Å². The van der Waals surface area contributed by atoms with Gasteiger partial charge in [-0.15, -0.1) is 0 Å². The molecular formula is C12H19F6N. The lowest BCUT2D eigenvalue weighted by Crippen LogP contribution is -2.55. The molecule has 1 atom stereocenters. The van der Waals surface area contributed by atoms with E-state index in [-0.39, 0.29) is 25.9 Å². The molecule has 1 aliphatic rings. The number of likely N-dealkylation sites (tertiary alicyclic amines) is 1. The van der Waals surface area contributed by atoms with Gasteiger partial charge in [-0.3, -0.25) is 4.90 Å². The van der Waals surface area contributed by atoms with Crippen LogP contribution in [0.3, 0.4) is 0 Å². The van der Waals surface area contributed by atoms with Crippen molar-refractivity contribution >= 4 is 0 Å². The summed E-state index contributed by atoms with van der Waals surface area (Å²) in [5, 5.41) is 0. The maximum atomic E-state index is 13.2. The molecule has 0 aromatic carbocycles. The highest BCUT2D eigenvalue weighted by Crippen LogP contribution is 2.51. The molecule has 1 aliphatic heterocycles. The predicted octanol–water partition coefficient (Wildman–Crippen LogP) is 4.24. The van der Waals surface area contributed by atoms with E-state index in [1.807, 2.05) is 0 Å². The fraction of sp³-hybridized carbons (Fsp3) is 1.00. The fourth-order valence-corrected chi connectivity index (χ4v) is 2.71. The molecule has 0 amide bonds. The molecule has 7 heteroatoms. The van der Waals surface area contributed by atoms with E-state index in [9.17, 15) is 26.3 Å². The summed E-state index contributed by atoms with van der Waals surface area (Å²) in [5.41, 5.74) is -1.85. The van der Waals surface area contributed by atoms with Gasteiger partial charge in [0.25, 0.3) is 0 Å². The molecule has 0 aromatic heterocycles. The number of piperidine rings is 1. The van der Waals surface area contributed by atoms with Crippen molar-refractivity contribution in [2.45, 2.75) is 52.0 Å². The maximum Gasteiger partial charge on any atom is 0.403 e. The number of alkyl halides is 6. The summed E-state index contributed by atoms with van der Waals surface area (Å²) >= 11 is 0. The number of hydrogen-bond donors (Lipinski definition) is 0. The second-order valence-corrected chi connectivity index (χ2v) is 5.56. The van der Waals surface area contributed by atoms with Gasteiger partial charge in [0.15, 0.2) is 0 Å². The summed E-state index contributed by atoms with van der Waals surface area (Å²) in [5.74, 6) is -0.629. The third kappa shape index (κ3) is 3.17. The Morgan fingerprint density at radius 1 is 0.895 bits per heavy atom. The minimum Gasteiger partial charge on any atom is -0.292 e. The first-order valence-corrected chi connectivity index (χ1v) is 6.29. The van der Waals surface area contributed by atoms with Crippen LogP contribution in [0.1, 0.15) is 33.6 Å².